The van der Waals surface area contributed by atoms with Crippen molar-refractivity contribution in [1.29, 1.82) is 0 Å². The van der Waals surface area contributed by atoms with Crippen LogP contribution in [0.25, 0.3) is 17.3 Å². The molecule has 1 heterocycles. The van der Waals surface area contributed by atoms with Gasteiger partial charge in [-0.15, -0.1) is 0 Å². The molecule has 1 aromatic carbocycles. The maximum absolute atomic E-state index is 13.6. The van der Waals surface area contributed by atoms with E-state index < -0.39 is 24.0 Å². The van der Waals surface area contributed by atoms with Crippen molar-refractivity contribution in [2.24, 2.45) is 5.73 Å². The zero-order valence-electron chi connectivity index (χ0n) is 22.7. The minimum Gasteiger partial charge on any atom is -0.480 e. The normalized spacial score (nSPS) is 13.1. The van der Waals surface area contributed by atoms with Crippen LogP contribution in [0.4, 0.5) is 10.3 Å². The quantitative estimate of drug-likeness (QED) is 0.256. The van der Waals surface area contributed by atoms with Gasteiger partial charge < -0.3 is 26.2 Å². The number of carbonyl (C=O) groups is 2. The summed E-state index contributed by atoms with van der Waals surface area (Å²) in [4.78, 5) is 34.9. The van der Waals surface area contributed by atoms with Crippen molar-refractivity contribution >= 4 is 23.9 Å². The number of aromatic nitrogens is 2. The summed E-state index contributed by atoms with van der Waals surface area (Å²) < 4.78 is 13.6. The number of carbonyl (C=O) groups excluding carboxylic acids is 1. The lowest BCUT2D eigenvalue weighted by atomic mass is 9.97. The minimum absolute atomic E-state index is 0.0943. The van der Waals surface area contributed by atoms with E-state index in [0.29, 0.717) is 50.3 Å². The standard InChI is InChI=1S/C28H40FN5O4/c1-18(2)25-22(26(33-28(32-25)34(3)4)19-12-14-20(29)15-13-19)10-6-5-9-21(35)17-24(36)31-23(27(37)38)11-7-8-16-30/h6,10,12-15,18,21,23,35H,5,7-9,11,16-17,30H2,1-4H3,(H,31,36)(H,37,38)/b10-6+. The number of amides is 1. The van der Waals surface area contributed by atoms with Gasteiger partial charge in [0, 0.05) is 25.2 Å². The van der Waals surface area contributed by atoms with Crippen molar-refractivity contribution < 1.29 is 24.2 Å². The highest BCUT2D eigenvalue weighted by Gasteiger charge is 2.21. The largest absolute Gasteiger partial charge is 0.480 e. The molecular weight excluding hydrogens is 489 g/mol. The highest BCUT2D eigenvalue weighted by Crippen LogP contribution is 2.31. The lowest BCUT2D eigenvalue weighted by Crippen LogP contribution is -2.41. The topological polar surface area (TPSA) is 142 Å². The van der Waals surface area contributed by atoms with Crippen LogP contribution < -0.4 is 16.0 Å². The maximum atomic E-state index is 13.6. The Labute approximate surface area is 224 Å². The number of nitrogens with one attached hydrogen (secondary N) is 1. The Hall–Kier alpha value is -3.37. The van der Waals surface area contributed by atoms with Crippen LogP contribution in [0.15, 0.2) is 30.3 Å². The lowest BCUT2D eigenvalue weighted by Gasteiger charge is -2.19. The van der Waals surface area contributed by atoms with Gasteiger partial charge in [0.25, 0.3) is 0 Å². The van der Waals surface area contributed by atoms with Crippen molar-refractivity contribution in [3.05, 3.63) is 47.4 Å². The van der Waals surface area contributed by atoms with Crippen LogP contribution in [0.2, 0.25) is 0 Å². The molecule has 2 unspecified atom stereocenters. The van der Waals surface area contributed by atoms with E-state index in [9.17, 15) is 24.2 Å². The molecule has 1 aromatic heterocycles. The highest BCUT2D eigenvalue weighted by molar-refractivity contribution is 5.83. The second-order valence-electron chi connectivity index (χ2n) is 9.81. The third-order valence-electron chi connectivity index (χ3n) is 5.98. The number of carboxylic acid groups (broad SMARTS) is 1. The SMILES string of the molecule is CC(C)c1nc(N(C)C)nc(-c2ccc(F)cc2)c1/C=C/CCC(O)CC(=O)NC(CCCCN)C(=O)O. The molecule has 0 saturated carbocycles. The molecule has 2 atom stereocenters. The highest BCUT2D eigenvalue weighted by atomic mass is 19.1. The average molecular weight is 530 g/mol. The molecule has 5 N–H and O–H groups in total. The maximum Gasteiger partial charge on any atom is 0.326 e. The first-order valence-corrected chi connectivity index (χ1v) is 13.0. The fourth-order valence-corrected chi connectivity index (χ4v) is 3.92. The number of anilines is 1. The third kappa shape index (κ3) is 9.50. The molecule has 0 aliphatic heterocycles. The summed E-state index contributed by atoms with van der Waals surface area (Å²) in [7, 11) is 3.72. The molecule has 2 rings (SSSR count). The molecule has 9 nitrogen and oxygen atoms in total. The van der Waals surface area contributed by atoms with Gasteiger partial charge in [0.15, 0.2) is 0 Å². The van der Waals surface area contributed by atoms with Crippen LogP contribution in [0.1, 0.15) is 69.5 Å². The van der Waals surface area contributed by atoms with E-state index in [2.05, 4.69) is 5.32 Å². The Morgan fingerprint density at radius 1 is 1.13 bits per heavy atom. The van der Waals surface area contributed by atoms with Crippen LogP contribution in [-0.2, 0) is 9.59 Å². The molecule has 10 heteroatoms. The first-order chi connectivity index (χ1) is 18.0. The fraction of sp³-hybridized carbons (Fsp3) is 0.500. The zero-order chi connectivity index (χ0) is 28.2. The van der Waals surface area contributed by atoms with E-state index in [1.165, 1.54) is 12.1 Å². The number of halogens is 1. The molecule has 0 fully saturated rings. The summed E-state index contributed by atoms with van der Waals surface area (Å²) in [5.41, 5.74) is 8.53. The van der Waals surface area contributed by atoms with Gasteiger partial charge in [0.2, 0.25) is 11.9 Å². The number of unbranched alkanes of at least 4 members (excludes halogenated alkanes) is 1. The summed E-state index contributed by atoms with van der Waals surface area (Å²) in [6.07, 6.45) is 5.04. The first kappa shape index (κ1) is 30.9. The Morgan fingerprint density at radius 2 is 1.82 bits per heavy atom. The Balaban J connectivity index is 2.12. The van der Waals surface area contributed by atoms with Gasteiger partial charge in [-0.2, -0.15) is 0 Å². The number of benzene rings is 1. The number of hydrogen-bond acceptors (Lipinski definition) is 7. The zero-order valence-corrected chi connectivity index (χ0v) is 22.7. The number of nitrogens with two attached hydrogens (primary N) is 1. The fourth-order valence-electron chi connectivity index (χ4n) is 3.92. The summed E-state index contributed by atoms with van der Waals surface area (Å²) in [5.74, 6) is -1.30. The second kappa shape index (κ2) is 15.1. The number of aliphatic hydroxyl groups is 1. The molecule has 208 valence electrons. The Bertz CT molecular complexity index is 1090. The van der Waals surface area contributed by atoms with E-state index in [4.69, 9.17) is 15.7 Å². The number of aliphatic hydroxyl groups excluding tert-OH is 1. The molecule has 1 amide bonds. The predicted octanol–water partition coefficient (Wildman–Crippen LogP) is 3.71. The summed E-state index contributed by atoms with van der Waals surface area (Å²) in [6, 6.07) is 5.15. The molecule has 2 aromatic rings. The van der Waals surface area contributed by atoms with Gasteiger partial charge in [-0.05, 0) is 68.8 Å². The van der Waals surface area contributed by atoms with Crippen LogP contribution in [0.3, 0.4) is 0 Å². The van der Waals surface area contributed by atoms with Gasteiger partial charge in [-0.25, -0.2) is 19.2 Å². The molecule has 0 radical (unpaired) electrons. The molecule has 0 aliphatic rings. The van der Waals surface area contributed by atoms with E-state index in [1.54, 1.807) is 12.1 Å². The van der Waals surface area contributed by atoms with Crippen LogP contribution >= 0.6 is 0 Å². The first-order valence-electron chi connectivity index (χ1n) is 13.0. The van der Waals surface area contributed by atoms with E-state index >= 15 is 0 Å². The Kier molecular flexibility index (Phi) is 12.3. The van der Waals surface area contributed by atoms with Crippen molar-refractivity contribution in [2.75, 3.05) is 25.5 Å². The monoisotopic (exact) mass is 529 g/mol. The molecule has 0 bridgehead atoms. The van der Waals surface area contributed by atoms with Crippen molar-refractivity contribution in [3.8, 4) is 11.3 Å². The minimum atomic E-state index is -1.10. The molecule has 38 heavy (non-hydrogen) atoms. The van der Waals surface area contributed by atoms with Crippen molar-refractivity contribution in [2.45, 2.75) is 70.4 Å². The van der Waals surface area contributed by atoms with Gasteiger partial charge in [-0.3, -0.25) is 4.79 Å². The number of aliphatic carboxylic acids is 1. The number of rotatable bonds is 15. The van der Waals surface area contributed by atoms with E-state index in [1.807, 2.05) is 45.0 Å². The predicted molar refractivity (Wildman–Crippen MR) is 147 cm³/mol. The van der Waals surface area contributed by atoms with Crippen molar-refractivity contribution in [3.63, 3.8) is 0 Å². The third-order valence-corrected chi connectivity index (χ3v) is 5.98. The molecule has 0 spiro atoms. The number of hydrogen-bond donors (Lipinski definition) is 4. The molecule has 0 saturated heterocycles. The van der Waals surface area contributed by atoms with E-state index in [0.717, 1.165) is 16.8 Å². The average Bonchev–Trinajstić information content (AvgIpc) is 2.86. The van der Waals surface area contributed by atoms with Gasteiger partial charge in [0.1, 0.15) is 11.9 Å². The summed E-state index contributed by atoms with van der Waals surface area (Å²) >= 11 is 0. The van der Waals surface area contributed by atoms with E-state index in [-0.39, 0.29) is 18.2 Å². The van der Waals surface area contributed by atoms with Crippen LogP contribution in [0, 0.1) is 5.82 Å². The number of nitrogens with zero attached hydrogens (tertiary/aromatic N) is 3. The Morgan fingerprint density at radius 3 is 2.39 bits per heavy atom. The summed E-state index contributed by atoms with van der Waals surface area (Å²) in [5, 5.41) is 22.2. The van der Waals surface area contributed by atoms with Crippen LogP contribution in [0.5, 0.6) is 0 Å². The van der Waals surface area contributed by atoms with Gasteiger partial charge in [0.05, 0.1) is 23.9 Å². The molecular formula is C28H40FN5O4. The molecule has 0 aliphatic carbocycles. The van der Waals surface area contributed by atoms with Crippen LogP contribution in [-0.4, -0.2) is 64.8 Å². The second-order valence-corrected chi connectivity index (χ2v) is 9.81. The van der Waals surface area contributed by atoms with Crippen molar-refractivity contribution in [1.82, 2.24) is 15.3 Å². The van der Waals surface area contributed by atoms with Gasteiger partial charge >= 0.3 is 5.97 Å². The lowest BCUT2D eigenvalue weighted by molar-refractivity contribution is -0.142. The number of carboxylic acids is 1. The smallest absolute Gasteiger partial charge is 0.326 e. The number of allylic oxidation sites excluding steroid dienone is 1. The van der Waals surface area contributed by atoms with Gasteiger partial charge in [-0.1, -0.05) is 26.0 Å². The summed E-state index contributed by atoms with van der Waals surface area (Å²) in [6.45, 7) is 4.54.